The Labute approximate surface area is 249 Å². The molecule has 1 fully saturated rings. The van der Waals surface area contributed by atoms with E-state index in [1.54, 1.807) is 61.3 Å². The zero-order chi connectivity index (χ0) is 30.4. The smallest absolute Gasteiger partial charge is 0.294 e. The fourth-order valence-corrected chi connectivity index (χ4v) is 5.31. The predicted molar refractivity (Wildman–Crippen MR) is 160 cm³/mol. The van der Waals surface area contributed by atoms with E-state index in [4.69, 9.17) is 20.8 Å². The lowest BCUT2D eigenvalue weighted by atomic mass is 9.81. The van der Waals surface area contributed by atoms with Crippen molar-refractivity contribution in [3.05, 3.63) is 52.9 Å². The molecule has 0 saturated heterocycles. The van der Waals surface area contributed by atoms with Gasteiger partial charge in [-0.3, -0.25) is 19.2 Å². The van der Waals surface area contributed by atoms with Crippen LogP contribution >= 0.6 is 11.6 Å². The molecule has 3 aromatic rings. The monoisotopic (exact) mass is 597 g/mol. The van der Waals surface area contributed by atoms with Crippen LogP contribution in [-0.2, 0) is 14.3 Å². The van der Waals surface area contributed by atoms with Gasteiger partial charge in [0, 0.05) is 52.3 Å². The second-order valence-electron chi connectivity index (χ2n) is 10.4. The van der Waals surface area contributed by atoms with Crippen molar-refractivity contribution in [1.29, 1.82) is 0 Å². The van der Waals surface area contributed by atoms with Crippen LogP contribution in [0.15, 0.2) is 40.9 Å². The molecule has 11 nitrogen and oxygen atoms in total. The van der Waals surface area contributed by atoms with Crippen LogP contribution in [0.4, 0.5) is 11.5 Å². The second-order valence-corrected chi connectivity index (χ2v) is 10.9. The van der Waals surface area contributed by atoms with Crippen molar-refractivity contribution in [2.75, 3.05) is 51.5 Å². The molecule has 1 aromatic carbocycles. The van der Waals surface area contributed by atoms with Gasteiger partial charge >= 0.3 is 0 Å². The van der Waals surface area contributed by atoms with E-state index in [1.165, 1.54) is 6.20 Å². The summed E-state index contributed by atoms with van der Waals surface area (Å²) in [6.07, 6.45) is 3.62. The largest absolute Gasteiger partial charge is 0.449 e. The van der Waals surface area contributed by atoms with E-state index < -0.39 is 5.91 Å². The van der Waals surface area contributed by atoms with Crippen molar-refractivity contribution < 1.29 is 28.3 Å². The lowest BCUT2D eigenvalue weighted by molar-refractivity contribution is -0.135. The lowest BCUT2D eigenvalue weighted by Crippen LogP contribution is -2.35. The molecule has 2 N–H and O–H groups in total. The van der Waals surface area contributed by atoms with E-state index in [2.05, 4.69) is 15.6 Å². The molecule has 42 heavy (non-hydrogen) atoms. The molecule has 2 heterocycles. The molecule has 2 aromatic heterocycles. The summed E-state index contributed by atoms with van der Waals surface area (Å²) in [6, 6.07) is 8.08. The Morgan fingerprint density at radius 3 is 2.38 bits per heavy atom. The average molecular weight is 598 g/mol. The first-order chi connectivity index (χ1) is 20.1. The van der Waals surface area contributed by atoms with Gasteiger partial charge in [-0.2, -0.15) is 0 Å². The SMILES string of the molecule is CCN(CCOC)C(=O)c1cccc2oc(C(=O)Nc3ccc(Cl)cn3)c(NC(=O)[C@H]3CC[C@H](C(=O)N(C)C)CC3)c12. The van der Waals surface area contributed by atoms with Gasteiger partial charge in [-0.15, -0.1) is 0 Å². The number of ether oxygens (including phenoxy) is 1. The van der Waals surface area contributed by atoms with Gasteiger partial charge in [-0.25, -0.2) is 4.98 Å². The predicted octanol–water partition coefficient (Wildman–Crippen LogP) is 4.68. The quantitative estimate of drug-likeness (QED) is 0.347. The summed E-state index contributed by atoms with van der Waals surface area (Å²) in [4.78, 5) is 60.4. The first kappa shape index (κ1) is 31.0. The first-order valence-corrected chi connectivity index (χ1v) is 14.3. The van der Waals surface area contributed by atoms with Crippen molar-refractivity contribution >= 4 is 57.7 Å². The zero-order valence-electron chi connectivity index (χ0n) is 24.2. The number of rotatable bonds is 10. The molecule has 0 radical (unpaired) electrons. The maximum Gasteiger partial charge on any atom is 0.294 e. The van der Waals surface area contributed by atoms with Crippen LogP contribution in [-0.4, -0.2) is 79.3 Å². The Kier molecular flexibility index (Phi) is 10.2. The summed E-state index contributed by atoms with van der Waals surface area (Å²) in [5.41, 5.74) is 0.668. The van der Waals surface area contributed by atoms with Crippen molar-refractivity contribution in [3.63, 3.8) is 0 Å². The van der Waals surface area contributed by atoms with E-state index in [9.17, 15) is 19.2 Å². The van der Waals surface area contributed by atoms with Gasteiger partial charge in [0.15, 0.2) is 0 Å². The Bertz CT molecular complexity index is 1450. The molecule has 0 spiro atoms. The van der Waals surface area contributed by atoms with Gasteiger partial charge in [0.25, 0.3) is 11.8 Å². The molecular formula is C30H36ClN5O6. The van der Waals surface area contributed by atoms with Crippen molar-refractivity contribution in [2.24, 2.45) is 11.8 Å². The Morgan fingerprint density at radius 2 is 1.76 bits per heavy atom. The number of benzene rings is 1. The number of anilines is 2. The van der Waals surface area contributed by atoms with Crippen LogP contribution in [0.5, 0.6) is 0 Å². The maximum absolute atomic E-state index is 13.6. The number of pyridine rings is 1. The van der Waals surface area contributed by atoms with E-state index >= 15 is 0 Å². The number of likely N-dealkylation sites (N-methyl/N-ethyl adjacent to an activating group) is 1. The molecule has 0 atom stereocenters. The standard InChI is InChI=1S/C30H36ClN5O6/c1-5-36(15-16-41-4)30(40)21-7-6-8-22-24(21)25(26(42-22)28(38)33-23-14-13-20(31)17-32-23)34-27(37)18-9-11-19(12-10-18)29(39)35(2)3/h6-8,13-14,17-19H,5,9-12,15-16H2,1-4H3,(H,34,37)(H,32,33,38)/t18-,19-. The van der Waals surface area contributed by atoms with E-state index in [0.717, 1.165) is 0 Å². The van der Waals surface area contributed by atoms with Gasteiger partial charge in [-0.1, -0.05) is 17.7 Å². The summed E-state index contributed by atoms with van der Waals surface area (Å²) in [6.45, 7) is 3.02. The van der Waals surface area contributed by atoms with Gasteiger partial charge in [0.05, 0.1) is 22.6 Å². The molecule has 0 aliphatic heterocycles. The first-order valence-electron chi connectivity index (χ1n) is 13.9. The summed E-state index contributed by atoms with van der Waals surface area (Å²) in [5, 5.41) is 6.32. The van der Waals surface area contributed by atoms with Crippen LogP contribution in [0.3, 0.4) is 0 Å². The number of amides is 4. The molecule has 1 aliphatic rings. The number of aromatic nitrogens is 1. The van der Waals surface area contributed by atoms with Gasteiger partial charge in [-0.05, 0) is 56.9 Å². The summed E-state index contributed by atoms with van der Waals surface area (Å²) >= 11 is 5.93. The van der Waals surface area contributed by atoms with E-state index in [1.807, 2.05) is 6.92 Å². The van der Waals surface area contributed by atoms with Crippen molar-refractivity contribution in [3.8, 4) is 0 Å². The number of nitrogens with zero attached hydrogens (tertiary/aromatic N) is 3. The van der Waals surface area contributed by atoms with Crippen LogP contribution in [0.1, 0.15) is 53.5 Å². The Balaban J connectivity index is 1.69. The topological polar surface area (TPSA) is 134 Å². The number of furan rings is 1. The minimum Gasteiger partial charge on any atom is -0.449 e. The number of halogens is 1. The van der Waals surface area contributed by atoms with Crippen LogP contribution in [0.2, 0.25) is 5.02 Å². The van der Waals surface area contributed by atoms with Crippen molar-refractivity contribution in [2.45, 2.75) is 32.6 Å². The lowest BCUT2D eigenvalue weighted by Gasteiger charge is -2.28. The number of nitrogens with one attached hydrogen (secondary N) is 2. The normalized spacial score (nSPS) is 16.6. The average Bonchev–Trinajstić information content (AvgIpc) is 3.36. The number of carbonyl (C=O) groups excluding carboxylic acids is 4. The minimum absolute atomic E-state index is 0.0570. The molecular weight excluding hydrogens is 562 g/mol. The Hall–Kier alpha value is -3.96. The third-order valence-electron chi connectivity index (χ3n) is 7.49. The molecule has 4 amide bonds. The molecule has 1 saturated carbocycles. The molecule has 0 bridgehead atoms. The van der Waals surface area contributed by atoms with Crippen molar-refractivity contribution in [1.82, 2.24) is 14.8 Å². The second kappa shape index (κ2) is 13.8. The highest BCUT2D eigenvalue weighted by molar-refractivity contribution is 6.30. The highest BCUT2D eigenvalue weighted by atomic mass is 35.5. The molecule has 1 aliphatic carbocycles. The number of hydrogen-bond acceptors (Lipinski definition) is 7. The van der Waals surface area contributed by atoms with E-state index in [0.29, 0.717) is 55.8 Å². The molecule has 12 heteroatoms. The number of hydrogen-bond donors (Lipinski definition) is 2. The van der Waals surface area contributed by atoms with Crippen LogP contribution in [0.25, 0.3) is 11.0 Å². The van der Waals surface area contributed by atoms with Gasteiger partial charge < -0.3 is 29.6 Å². The zero-order valence-corrected chi connectivity index (χ0v) is 25.0. The molecule has 0 unspecified atom stereocenters. The molecule has 224 valence electrons. The van der Waals surface area contributed by atoms with E-state index in [-0.39, 0.29) is 58.0 Å². The number of carbonyl (C=O) groups is 4. The minimum atomic E-state index is -0.651. The summed E-state index contributed by atoms with van der Waals surface area (Å²) in [7, 11) is 5.02. The molecule has 4 rings (SSSR count). The van der Waals surface area contributed by atoms with Gasteiger partial charge in [0.2, 0.25) is 17.6 Å². The number of methoxy groups -OCH3 is 1. The van der Waals surface area contributed by atoms with Gasteiger partial charge in [0.1, 0.15) is 17.1 Å². The highest BCUT2D eigenvalue weighted by Crippen LogP contribution is 2.37. The summed E-state index contributed by atoms with van der Waals surface area (Å²) in [5.74, 6) is -1.60. The third-order valence-corrected chi connectivity index (χ3v) is 7.71. The fourth-order valence-electron chi connectivity index (χ4n) is 5.20. The fraction of sp³-hybridized carbons (Fsp3) is 0.433. The number of fused-ring (bicyclic) bond motifs is 1. The third kappa shape index (κ3) is 6.91. The Morgan fingerprint density at radius 1 is 1.05 bits per heavy atom. The maximum atomic E-state index is 13.6. The summed E-state index contributed by atoms with van der Waals surface area (Å²) < 4.78 is 11.1. The van der Waals surface area contributed by atoms with Crippen LogP contribution in [0, 0.1) is 11.8 Å². The van der Waals surface area contributed by atoms with Crippen LogP contribution < -0.4 is 10.6 Å². The highest BCUT2D eigenvalue weighted by Gasteiger charge is 2.33.